The van der Waals surface area contributed by atoms with Gasteiger partial charge in [0, 0.05) is 14.9 Å². The van der Waals surface area contributed by atoms with E-state index in [2.05, 4.69) is 36.7 Å². The first-order valence-corrected chi connectivity index (χ1v) is 7.50. The van der Waals surface area contributed by atoms with Gasteiger partial charge in [-0.25, -0.2) is 4.39 Å². The minimum Gasteiger partial charge on any atom is -0.288 e. The van der Waals surface area contributed by atoms with Gasteiger partial charge in [0.25, 0.3) is 0 Å². The molecule has 19 heavy (non-hydrogen) atoms. The van der Waals surface area contributed by atoms with E-state index in [1.165, 1.54) is 23.5 Å². The summed E-state index contributed by atoms with van der Waals surface area (Å²) in [5, 5.41) is 0. The van der Waals surface area contributed by atoms with E-state index in [1.54, 1.807) is 6.07 Å². The number of ketones is 1. The van der Waals surface area contributed by atoms with E-state index in [4.69, 9.17) is 0 Å². The highest BCUT2D eigenvalue weighted by Crippen LogP contribution is 2.31. The predicted octanol–water partition coefficient (Wildman–Crippen LogP) is 5.18. The fourth-order valence-electron chi connectivity index (χ4n) is 1.67. The van der Waals surface area contributed by atoms with E-state index in [1.807, 2.05) is 12.1 Å². The summed E-state index contributed by atoms with van der Waals surface area (Å²) < 4.78 is 13.9. The number of carbonyl (C=O) groups is 1. The Labute approximate surface area is 124 Å². The molecule has 2 rings (SSSR count). The molecule has 0 fully saturated rings. The van der Waals surface area contributed by atoms with Crippen molar-refractivity contribution in [2.75, 3.05) is 0 Å². The molecule has 0 spiro atoms. The highest BCUT2D eigenvalue weighted by molar-refractivity contribution is 9.10. The van der Waals surface area contributed by atoms with Crippen molar-refractivity contribution in [3.8, 4) is 0 Å². The van der Waals surface area contributed by atoms with Gasteiger partial charge in [0.05, 0.1) is 4.88 Å². The number of hydrogen-bond acceptors (Lipinski definition) is 2. The summed E-state index contributed by atoms with van der Waals surface area (Å²) >= 11 is 4.76. The van der Waals surface area contributed by atoms with Crippen LogP contribution in [0.4, 0.5) is 4.39 Å². The molecule has 100 valence electrons. The molecule has 0 amide bonds. The smallest absolute Gasteiger partial charge is 0.204 e. The fraction of sp³-hybridized carbons (Fsp3) is 0.267. The van der Waals surface area contributed by atoms with Crippen molar-refractivity contribution in [3.63, 3.8) is 0 Å². The van der Waals surface area contributed by atoms with Crippen LogP contribution in [-0.2, 0) is 5.41 Å². The second-order valence-corrected chi connectivity index (χ2v) is 7.31. The zero-order valence-corrected chi connectivity index (χ0v) is 13.4. The van der Waals surface area contributed by atoms with Crippen LogP contribution in [0.3, 0.4) is 0 Å². The summed E-state index contributed by atoms with van der Waals surface area (Å²) in [6, 6.07) is 7.93. The van der Waals surface area contributed by atoms with Crippen molar-refractivity contribution in [3.05, 3.63) is 55.9 Å². The minimum atomic E-state index is -0.404. The SMILES string of the molecule is CC(C)(C)c1ccc(C(=O)c2cc(F)ccc2Br)s1. The van der Waals surface area contributed by atoms with Crippen LogP contribution in [-0.4, -0.2) is 5.78 Å². The van der Waals surface area contributed by atoms with Gasteiger partial charge in [0.15, 0.2) is 0 Å². The van der Waals surface area contributed by atoms with Crippen LogP contribution in [0.25, 0.3) is 0 Å². The van der Waals surface area contributed by atoms with Crippen molar-refractivity contribution in [2.24, 2.45) is 0 Å². The van der Waals surface area contributed by atoms with Gasteiger partial charge in [-0.15, -0.1) is 11.3 Å². The summed E-state index contributed by atoms with van der Waals surface area (Å²) in [6.45, 7) is 6.31. The van der Waals surface area contributed by atoms with Gasteiger partial charge in [-0.2, -0.15) is 0 Å². The van der Waals surface area contributed by atoms with Crippen LogP contribution in [0.1, 0.15) is 40.9 Å². The molecule has 1 aromatic carbocycles. The molecule has 0 saturated carbocycles. The zero-order chi connectivity index (χ0) is 14.2. The average molecular weight is 341 g/mol. The number of halogens is 2. The molecule has 0 bridgehead atoms. The lowest BCUT2D eigenvalue weighted by atomic mass is 9.95. The largest absolute Gasteiger partial charge is 0.288 e. The third kappa shape index (κ3) is 3.12. The van der Waals surface area contributed by atoms with E-state index < -0.39 is 5.82 Å². The number of hydrogen-bond donors (Lipinski definition) is 0. The normalized spacial score (nSPS) is 11.6. The molecule has 0 radical (unpaired) electrons. The quantitative estimate of drug-likeness (QED) is 0.688. The summed E-state index contributed by atoms with van der Waals surface area (Å²) in [5.41, 5.74) is 0.379. The van der Waals surface area contributed by atoms with Crippen molar-refractivity contribution >= 4 is 33.0 Å². The van der Waals surface area contributed by atoms with Crippen LogP contribution in [0.15, 0.2) is 34.8 Å². The van der Waals surface area contributed by atoms with Crippen molar-refractivity contribution in [2.45, 2.75) is 26.2 Å². The first kappa shape index (κ1) is 14.4. The fourth-order valence-corrected chi connectivity index (χ4v) is 3.11. The summed E-state index contributed by atoms with van der Waals surface area (Å²) in [5.74, 6) is -0.550. The third-order valence-corrected chi connectivity index (χ3v) is 4.94. The first-order valence-electron chi connectivity index (χ1n) is 5.89. The van der Waals surface area contributed by atoms with E-state index in [-0.39, 0.29) is 11.2 Å². The average Bonchev–Trinajstić information content (AvgIpc) is 2.80. The Morgan fingerprint density at radius 1 is 1.21 bits per heavy atom. The van der Waals surface area contributed by atoms with E-state index >= 15 is 0 Å². The topological polar surface area (TPSA) is 17.1 Å². The Bertz CT molecular complexity index is 625. The number of rotatable bonds is 2. The lowest BCUT2D eigenvalue weighted by Crippen LogP contribution is -2.08. The van der Waals surface area contributed by atoms with Gasteiger partial charge in [0.1, 0.15) is 5.82 Å². The molecule has 0 aliphatic heterocycles. The van der Waals surface area contributed by atoms with Gasteiger partial charge in [-0.3, -0.25) is 4.79 Å². The highest BCUT2D eigenvalue weighted by Gasteiger charge is 2.20. The van der Waals surface area contributed by atoms with E-state index in [9.17, 15) is 9.18 Å². The molecule has 1 nitrogen and oxygen atoms in total. The Balaban J connectivity index is 2.39. The monoisotopic (exact) mass is 340 g/mol. The molecule has 0 N–H and O–H groups in total. The maximum atomic E-state index is 13.2. The van der Waals surface area contributed by atoms with Crippen molar-refractivity contribution < 1.29 is 9.18 Å². The van der Waals surface area contributed by atoms with Crippen LogP contribution < -0.4 is 0 Å². The highest BCUT2D eigenvalue weighted by atomic mass is 79.9. The maximum Gasteiger partial charge on any atom is 0.204 e. The summed E-state index contributed by atoms with van der Waals surface area (Å²) in [7, 11) is 0. The van der Waals surface area contributed by atoms with Crippen LogP contribution in [0.5, 0.6) is 0 Å². The number of benzene rings is 1. The van der Waals surface area contributed by atoms with Gasteiger partial charge in [-0.1, -0.05) is 36.7 Å². The van der Waals surface area contributed by atoms with E-state index in [0.29, 0.717) is 14.9 Å². The van der Waals surface area contributed by atoms with Crippen LogP contribution in [0.2, 0.25) is 0 Å². The molecule has 4 heteroatoms. The molecule has 0 aliphatic carbocycles. The van der Waals surface area contributed by atoms with Crippen LogP contribution in [0, 0.1) is 5.82 Å². The number of carbonyl (C=O) groups excluding carboxylic acids is 1. The molecule has 0 saturated heterocycles. The van der Waals surface area contributed by atoms with Gasteiger partial charge in [0.2, 0.25) is 5.78 Å². The zero-order valence-electron chi connectivity index (χ0n) is 11.0. The van der Waals surface area contributed by atoms with Crippen LogP contribution >= 0.6 is 27.3 Å². The predicted molar refractivity (Wildman–Crippen MR) is 80.6 cm³/mol. The number of thiophene rings is 1. The molecular formula is C15H14BrFOS. The molecule has 1 heterocycles. The lowest BCUT2D eigenvalue weighted by molar-refractivity contribution is 0.104. The third-order valence-electron chi connectivity index (χ3n) is 2.74. The summed E-state index contributed by atoms with van der Waals surface area (Å²) in [6.07, 6.45) is 0. The Hall–Kier alpha value is -1.00. The second-order valence-electron chi connectivity index (χ2n) is 5.37. The maximum absolute atomic E-state index is 13.2. The standard InChI is InChI=1S/C15H14BrFOS/c1-15(2,3)13-7-6-12(19-13)14(18)10-8-9(17)4-5-11(10)16/h4-8H,1-3H3. The first-order chi connectivity index (χ1) is 8.79. The lowest BCUT2D eigenvalue weighted by Gasteiger charge is -2.15. The Morgan fingerprint density at radius 2 is 1.89 bits per heavy atom. The Kier molecular flexibility index (Phi) is 3.92. The van der Waals surface area contributed by atoms with Gasteiger partial charge < -0.3 is 0 Å². The second kappa shape index (κ2) is 5.17. The molecule has 1 aromatic heterocycles. The van der Waals surface area contributed by atoms with Gasteiger partial charge >= 0.3 is 0 Å². The molecule has 0 atom stereocenters. The van der Waals surface area contributed by atoms with Crippen molar-refractivity contribution in [1.82, 2.24) is 0 Å². The van der Waals surface area contributed by atoms with Crippen molar-refractivity contribution in [1.29, 1.82) is 0 Å². The van der Waals surface area contributed by atoms with E-state index in [0.717, 1.165) is 4.88 Å². The molecule has 0 aliphatic rings. The van der Waals surface area contributed by atoms with Gasteiger partial charge in [-0.05, 0) is 35.7 Å². The molecule has 2 aromatic rings. The molecular weight excluding hydrogens is 327 g/mol. The molecule has 0 unspecified atom stereocenters. The Morgan fingerprint density at radius 3 is 2.47 bits per heavy atom. The minimum absolute atomic E-state index is 0.0162. The summed E-state index contributed by atoms with van der Waals surface area (Å²) in [4.78, 5) is 14.2.